The van der Waals surface area contributed by atoms with E-state index in [0.717, 1.165) is 21.5 Å². The second kappa shape index (κ2) is 11.0. The van der Waals surface area contributed by atoms with Gasteiger partial charge in [0.1, 0.15) is 0 Å². The summed E-state index contributed by atoms with van der Waals surface area (Å²) in [6.07, 6.45) is 0.680. The number of hydrogen-bond acceptors (Lipinski definition) is 5. The molecule has 0 unspecified atom stereocenters. The first-order valence-electron chi connectivity index (χ1n) is 8.48. The fourth-order valence-corrected chi connectivity index (χ4v) is 3.83. The number of carbonyl (C=O) groups excluding carboxylic acids is 1. The van der Waals surface area contributed by atoms with Crippen LogP contribution in [0.4, 0.5) is 0 Å². The van der Waals surface area contributed by atoms with E-state index in [9.17, 15) is 4.79 Å². The quantitative estimate of drug-likeness (QED) is 0.446. The summed E-state index contributed by atoms with van der Waals surface area (Å²) < 4.78 is 11.6. The number of nitrogens with one attached hydrogen (secondary N) is 1. The number of benzene rings is 2. The van der Waals surface area contributed by atoms with Crippen LogP contribution < -0.4 is 14.9 Å². The Morgan fingerprint density at radius 1 is 1.15 bits per heavy atom. The van der Waals surface area contributed by atoms with Crippen molar-refractivity contribution in [3.8, 4) is 11.5 Å². The topological polar surface area (TPSA) is 59.9 Å². The second-order valence-corrected chi connectivity index (χ2v) is 7.44. The molecule has 0 aromatic heterocycles. The van der Waals surface area contributed by atoms with Crippen molar-refractivity contribution in [2.24, 2.45) is 5.10 Å². The lowest BCUT2D eigenvalue weighted by molar-refractivity contribution is -0.118. The molecule has 0 atom stereocenters. The SMILES string of the molecule is CC/C(=N/NC(=O)CSCc1ccccc1Br)c1ccc(OC)c(OC)c1. The van der Waals surface area contributed by atoms with E-state index in [1.54, 1.807) is 26.0 Å². The molecule has 27 heavy (non-hydrogen) atoms. The van der Waals surface area contributed by atoms with Crippen LogP contribution in [-0.2, 0) is 10.5 Å². The third-order valence-corrected chi connectivity index (χ3v) is 5.57. The molecule has 1 amide bonds. The predicted molar refractivity (Wildman–Crippen MR) is 115 cm³/mol. The first-order valence-corrected chi connectivity index (χ1v) is 10.4. The Morgan fingerprint density at radius 3 is 2.56 bits per heavy atom. The van der Waals surface area contributed by atoms with E-state index in [0.29, 0.717) is 23.7 Å². The zero-order valence-electron chi connectivity index (χ0n) is 15.6. The van der Waals surface area contributed by atoms with Gasteiger partial charge in [-0.2, -0.15) is 5.10 Å². The van der Waals surface area contributed by atoms with Crippen molar-refractivity contribution < 1.29 is 14.3 Å². The van der Waals surface area contributed by atoms with Crippen LogP contribution in [0.25, 0.3) is 0 Å². The Morgan fingerprint density at radius 2 is 1.89 bits per heavy atom. The van der Waals surface area contributed by atoms with Crippen molar-refractivity contribution in [2.45, 2.75) is 19.1 Å². The number of hydrazone groups is 1. The summed E-state index contributed by atoms with van der Waals surface area (Å²) in [5.41, 5.74) is 5.47. The molecule has 0 spiro atoms. The van der Waals surface area contributed by atoms with Gasteiger partial charge in [-0.3, -0.25) is 4.79 Å². The molecule has 5 nitrogen and oxygen atoms in total. The van der Waals surface area contributed by atoms with E-state index < -0.39 is 0 Å². The van der Waals surface area contributed by atoms with E-state index in [1.165, 1.54) is 5.56 Å². The molecule has 0 saturated heterocycles. The highest BCUT2D eigenvalue weighted by molar-refractivity contribution is 9.10. The van der Waals surface area contributed by atoms with Gasteiger partial charge in [0.2, 0.25) is 5.91 Å². The Kier molecular flexibility index (Phi) is 8.67. The van der Waals surface area contributed by atoms with Crippen molar-refractivity contribution in [1.29, 1.82) is 0 Å². The number of amides is 1. The summed E-state index contributed by atoms with van der Waals surface area (Å²) in [5, 5.41) is 4.28. The van der Waals surface area contributed by atoms with E-state index in [1.807, 2.05) is 49.4 Å². The third kappa shape index (κ3) is 6.29. The second-order valence-electron chi connectivity index (χ2n) is 5.60. The number of hydrogen-bond donors (Lipinski definition) is 1. The molecule has 0 fully saturated rings. The van der Waals surface area contributed by atoms with Gasteiger partial charge < -0.3 is 9.47 Å². The first-order chi connectivity index (χ1) is 13.1. The molecule has 0 aliphatic carbocycles. The number of carbonyl (C=O) groups is 1. The van der Waals surface area contributed by atoms with E-state index >= 15 is 0 Å². The average molecular weight is 451 g/mol. The van der Waals surface area contributed by atoms with Crippen molar-refractivity contribution in [1.82, 2.24) is 5.43 Å². The van der Waals surface area contributed by atoms with Gasteiger partial charge in [-0.1, -0.05) is 41.1 Å². The van der Waals surface area contributed by atoms with Crippen LogP contribution in [0.5, 0.6) is 11.5 Å². The Balaban J connectivity index is 1.94. The number of methoxy groups -OCH3 is 2. The molecule has 144 valence electrons. The van der Waals surface area contributed by atoms with Gasteiger partial charge in [-0.05, 0) is 36.2 Å². The molecular weight excluding hydrogens is 428 g/mol. The molecule has 1 N–H and O–H groups in total. The van der Waals surface area contributed by atoms with Crippen LogP contribution in [0.3, 0.4) is 0 Å². The van der Waals surface area contributed by atoms with Gasteiger partial charge in [0.05, 0.1) is 25.7 Å². The fourth-order valence-electron chi connectivity index (χ4n) is 2.39. The summed E-state index contributed by atoms with van der Waals surface area (Å²) in [6, 6.07) is 13.6. The lowest BCUT2D eigenvalue weighted by atomic mass is 10.1. The minimum absolute atomic E-state index is 0.126. The van der Waals surface area contributed by atoms with E-state index in [-0.39, 0.29) is 5.91 Å². The van der Waals surface area contributed by atoms with E-state index in [4.69, 9.17) is 9.47 Å². The summed E-state index contributed by atoms with van der Waals surface area (Å²) >= 11 is 5.06. The van der Waals surface area contributed by atoms with Crippen LogP contribution in [-0.4, -0.2) is 31.6 Å². The molecule has 0 radical (unpaired) electrons. The standard InChI is InChI=1S/C20H23BrN2O3S/c1-4-17(14-9-10-18(25-2)19(11-14)26-3)22-23-20(24)13-27-12-15-7-5-6-8-16(15)21/h5-11H,4,12-13H2,1-3H3,(H,23,24)/b22-17-. The molecule has 0 aliphatic rings. The Bertz CT molecular complexity index is 812. The molecular formula is C20H23BrN2O3S. The minimum atomic E-state index is -0.126. The molecule has 0 heterocycles. The molecule has 2 aromatic carbocycles. The fraction of sp³-hybridized carbons (Fsp3) is 0.300. The van der Waals surface area contributed by atoms with Gasteiger partial charge in [0, 0.05) is 15.8 Å². The van der Waals surface area contributed by atoms with E-state index in [2.05, 4.69) is 26.5 Å². The van der Waals surface area contributed by atoms with Gasteiger partial charge in [-0.25, -0.2) is 5.43 Å². The molecule has 7 heteroatoms. The maximum absolute atomic E-state index is 12.1. The lowest BCUT2D eigenvalue weighted by Crippen LogP contribution is -2.21. The van der Waals surface area contributed by atoms with Crippen molar-refractivity contribution >= 4 is 39.3 Å². The van der Waals surface area contributed by atoms with Crippen LogP contribution >= 0.6 is 27.7 Å². The molecule has 0 saturated carbocycles. The average Bonchev–Trinajstić information content (AvgIpc) is 2.69. The normalized spacial score (nSPS) is 11.2. The largest absolute Gasteiger partial charge is 0.493 e. The van der Waals surface area contributed by atoms with Crippen LogP contribution in [0.2, 0.25) is 0 Å². The van der Waals surface area contributed by atoms with Gasteiger partial charge in [0.25, 0.3) is 0 Å². The number of nitrogens with zero attached hydrogens (tertiary/aromatic N) is 1. The number of ether oxygens (including phenoxy) is 2. The highest BCUT2D eigenvalue weighted by Crippen LogP contribution is 2.28. The zero-order valence-corrected chi connectivity index (χ0v) is 18.0. The maximum Gasteiger partial charge on any atom is 0.250 e. The summed E-state index contributed by atoms with van der Waals surface area (Å²) in [6.45, 7) is 1.99. The Labute approximate surface area is 172 Å². The Hall–Kier alpha value is -1.99. The predicted octanol–water partition coefficient (Wildman–Crippen LogP) is 4.63. The summed E-state index contributed by atoms with van der Waals surface area (Å²) in [4.78, 5) is 12.1. The van der Waals surface area contributed by atoms with Crippen molar-refractivity contribution in [3.05, 3.63) is 58.1 Å². The number of halogens is 1. The minimum Gasteiger partial charge on any atom is -0.493 e. The highest BCUT2D eigenvalue weighted by Gasteiger charge is 2.09. The number of thioether (sulfide) groups is 1. The molecule has 2 aromatic rings. The van der Waals surface area contributed by atoms with Gasteiger partial charge in [-0.15, -0.1) is 11.8 Å². The first kappa shape index (κ1) is 21.3. The molecule has 0 aliphatic heterocycles. The number of rotatable bonds is 9. The monoisotopic (exact) mass is 450 g/mol. The van der Waals surface area contributed by atoms with Gasteiger partial charge >= 0.3 is 0 Å². The third-order valence-electron chi connectivity index (χ3n) is 3.82. The van der Waals surface area contributed by atoms with Gasteiger partial charge in [0.15, 0.2) is 11.5 Å². The highest BCUT2D eigenvalue weighted by atomic mass is 79.9. The van der Waals surface area contributed by atoms with Crippen molar-refractivity contribution in [2.75, 3.05) is 20.0 Å². The van der Waals surface area contributed by atoms with Crippen molar-refractivity contribution in [3.63, 3.8) is 0 Å². The molecule has 2 rings (SSSR count). The lowest BCUT2D eigenvalue weighted by Gasteiger charge is -2.10. The summed E-state index contributed by atoms with van der Waals surface area (Å²) in [7, 11) is 3.19. The molecule has 0 bridgehead atoms. The smallest absolute Gasteiger partial charge is 0.250 e. The van der Waals surface area contributed by atoms with Crippen LogP contribution in [0.15, 0.2) is 52.0 Å². The van der Waals surface area contributed by atoms with Crippen LogP contribution in [0, 0.1) is 0 Å². The summed E-state index contributed by atoms with van der Waals surface area (Å²) in [5.74, 6) is 2.26. The van der Waals surface area contributed by atoms with Crippen LogP contribution in [0.1, 0.15) is 24.5 Å². The zero-order chi connectivity index (χ0) is 19.6. The maximum atomic E-state index is 12.1.